The van der Waals surface area contributed by atoms with Crippen LogP contribution in [0.2, 0.25) is 0 Å². The zero-order valence-corrected chi connectivity index (χ0v) is 16.5. The maximum atomic E-state index is 5.45. The van der Waals surface area contributed by atoms with Crippen molar-refractivity contribution < 1.29 is 18.7 Å². The second-order valence-corrected chi connectivity index (χ2v) is 5.94. The number of ether oxygens (including phenoxy) is 3. The number of aromatic nitrogens is 3. The Labute approximate surface area is 164 Å². The zero-order valence-electron chi connectivity index (χ0n) is 16.5. The van der Waals surface area contributed by atoms with E-state index in [1.807, 2.05) is 30.3 Å². The van der Waals surface area contributed by atoms with Gasteiger partial charge in [-0.3, -0.25) is 0 Å². The van der Waals surface area contributed by atoms with Gasteiger partial charge in [0.1, 0.15) is 5.82 Å². The number of pyridine rings is 1. The molecule has 0 saturated heterocycles. The molecule has 1 aromatic carbocycles. The van der Waals surface area contributed by atoms with Gasteiger partial charge in [-0.1, -0.05) is 11.2 Å². The average Bonchev–Trinajstić information content (AvgIpc) is 3.24. The van der Waals surface area contributed by atoms with Gasteiger partial charge in [-0.05, 0) is 31.2 Å². The Morgan fingerprint density at radius 1 is 1.07 bits per heavy atom. The van der Waals surface area contributed by atoms with Crippen LogP contribution >= 0.6 is 0 Å². The Balaban J connectivity index is 1.85. The molecule has 28 heavy (non-hydrogen) atoms. The molecule has 0 amide bonds. The number of anilines is 1. The summed E-state index contributed by atoms with van der Waals surface area (Å²) in [5.74, 6) is 2.84. The molecule has 0 radical (unpaired) electrons. The largest absolute Gasteiger partial charge is 0.493 e. The van der Waals surface area contributed by atoms with Crippen LogP contribution in [0.5, 0.6) is 11.5 Å². The van der Waals surface area contributed by atoms with Crippen molar-refractivity contribution in [1.29, 1.82) is 0 Å². The Kier molecular flexibility index (Phi) is 6.44. The lowest BCUT2D eigenvalue weighted by molar-refractivity contribution is 0.205. The first-order valence-corrected chi connectivity index (χ1v) is 8.97. The van der Waals surface area contributed by atoms with E-state index in [4.69, 9.17) is 18.7 Å². The van der Waals surface area contributed by atoms with Gasteiger partial charge in [0.25, 0.3) is 5.89 Å². The van der Waals surface area contributed by atoms with E-state index in [9.17, 15) is 0 Å². The highest BCUT2D eigenvalue weighted by molar-refractivity contribution is 5.69. The predicted octanol–water partition coefficient (Wildman–Crippen LogP) is 3.29. The van der Waals surface area contributed by atoms with E-state index in [2.05, 4.69) is 26.9 Å². The van der Waals surface area contributed by atoms with Gasteiger partial charge in [0.2, 0.25) is 5.82 Å². The number of hydrogen-bond acceptors (Lipinski definition) is 8. The van der Waals surface area contributed by atoms with Crippen LogP contribution in [0, 0.1) is 0 Å². The lowest BCUT2D eigenvalue weighted by Gasteiger charge is -2.21. The highest BCUT2D eigenvalue weighted by Gasteiger charge is 2.18. The molecule has 0 unspecified atom stereocenters. The highest BCUT2D eigenvalue weighted by atomic mass is 16.5. The minimum atomic E-state index is 0.388. The number of rotatable bonds is 9. The van der Waals surface area contributed by atoms with Gasteiger partial charge in [-0.15, -0.1) is 0 Å². The molecule has 3 aromatic rings. The van der Waals surface area contributed by atoms with E-state index in [-0.39, 0.29) is 0 Å². The third kappa shape index (κ3) is 4.07. The van der Waals surface area contributed by atoms with E-state index in [1.54, 1.807) is 27.5 Å². The van der Waals surface area contributed by atoms with Gasteiger partial charge in [0, 0.05) is 26.4 Å². The van der Waals surface area contributed by atoms with Crippen molar-refractivity contribution in [2.45, 2.75) is 6.92 Å². The third-order valence-electron chi connectivity index (χ3n) is 4.34. The molecule has 0 atom stereocenters. The summed E-state index contributed by atoms with van der Waals surface area (Å²) in [5, 5.41) is 4.08. The first-order valence-electron chi connectivity index (χ1n) is 8.97. The third-order valence-corrected chi connectivity index (χ3v) is 4.34. The second kappa shape index (κ2) is 9.18. The van der Waals surface area contributed by atoms with Crippen LogP contribution < -0.4 is 14.4 Å². The molecule has 0 aliphatic heterocycles. The Morgan fingerprint density at radius 3 is 2.57 bits per heavy atom. The molecule has 0 aliphatic carbocycles. The normalized spacial score (nSPS) is 10.7. The molecule has 8 nitrogen and oxygen atoms in total. The summed E-state index contributed by atoms with van der Waals surface area (Å²) in [5.41, 5.74) is 1.44. The van der Waals surface area contributed by atoms with Crippen molar-refractivity contribution in [3.05, 3.63) is 36.5 Å². The topological polar surface area (TPSA) is 82.7 Å². The number of benzene rings is 1. The molecule has 0 N–H and O–H groups in total. The highest BCUT2D eigenvalue weighted by Crippen LogP contribution is 2.37. The molecule has 0 spiro atoms. The smallest absolute Gasteiger partial charge is 0.259 e. The van der Waals surface area contributed by atoms with E-state index >= 15 is 0 Å². The van der Waals surface area contributed by atoms with Crippen LogP contribution in [0.15, 0.2) is 41.1 Å². The molecule has 0 bridgehead atoms. The van der Waals surface area contributed by atoms with Crippen LogP contribution in [0.25, 0.3) is 22.8 Å². The molecule has 148 valence electrons. The van der Waals surface area contributed by atoms with E-state index in [0.29, 0.717) is 35.4 Å². The maximum Gasteiger partial charge on any atom is 0.259 e. The Hall–Kier alpha value is -3.13. The number of methoxy groups -OCH3 is 3. The number of hydrogen-bond donors (Lipinski definition) is 0. The van der Waals surface area contributed by atoms with Gasteiger partial charge >= 0.3 is 0 Å². The van der Waals surface area contributed by atoms with Crippen molar-refractivity contribution in [3.8, 4) is 34.3 Å². The first-order chi connectivity index (χ1) is 13.7. The van der Waals surface area contributed by atoms with E-state index in [1.165, 1.54) is 0 Å². The summed E-state index contributed by atoms with van der Waals surface area (Å²) in [4.78, 5) is 11.1. The van der Waals surface area contributed by atoms with Gasteiger partial charge < -0.3 is 23.6 Å². The van der Waals surface area contributed by atoms with Gasteiger partial charge in [0.05, 0.1) is 32.0 Å². The molecule has 2 heterocycles. The van der Waals surface area contributed by atoms with Gasteiger partial charge in [0.15, 0.2) is 11.5 Å². The summed E-state index contributed by atoms with van der Waals surface area (Å²) in [6.45, 7) is 4.35. The van der Waals surface area contributed by atoms with Crippen LogP contribution in [0.1, 0.15) is 6.92 Å². The van der Waals surface area contributed by atoms with Crippen LogP contribution in [-0.2, 0) is 4.74 Å². The monoisotopic (exact) mass is 384 g/mol. The van der Waals surface area contributed by atoms with Gasteiger partial charge in [-0.25, -0.2) is 4.98 Å². The predicted molar refractivity (Wildman–Crippen MR) is 106 cm³/mol. The van der Waals surface area contributed by atoms with Crippen molar-refractivity contribution in [2.75, 3.05) is 45.9 Å². The SMILES string of the molecule is CCN(CCOC)c1ccc(-c2nc(-c3cccc(OC)c3OC)no2)cn1. The first kappa shape index (κ1) is 19.6. The number of para-hydroxylation sites is 1. The minimum Gasteiger partial charge on any atom is -0.493 e. The summed E-state index contributed by atoms with van der Waals surface area (Å²) in [6.07, 6.45) is 1.73. The van der Waals surface area contributed by atoms with Gasteiger partial charge in [-0.2, -0.15) is 4.98 Å². The number of likely N-dealkylation sites (N-methyl/N-ethyl adjacent to an activating group) is 1. The molecule has 0 saturated carbocycles. The van der Waals surface area contributed by atoms with E-state index in [0.717, 1.165) is 24.5 Å². The molecular formula is C20H24N4O4. The van der Waals surface area contributed by atoms with Crippen molar-refractivity contribution >= 4 is 5.82 Å². The number of nitrogens with zero attached hydrogens (tertiary/aromatic N) is 4. The van der Waals surface area contributed by atoms with Crippen molar-refractivity contribution in [1.82, 2.24) is 15.1 Å². The fourth-order valence-electron chi connectivity index (χ4n) is 2.85. The Bertz CT molecular complexity index is 895. The summed E-state index contributed by atoms with van der Waals surface area (Å²) in [7, 11) is 4.85. The summed E-state index contributed by atoms with van der Waals surface area (Å²) >= 11 is 0. The van der Waals surface area contributed by atoms with Crippen molar-refractivity contribution in [3.63, 3.8) is 0 Å². The lowest BCUT2D eigenvalue weighted by Crippen LogP contribution is -2.27. The molecule has 8 heteroatoms. The Morgan fingerprint density at radius 2 is 1.93 bits per heavy atom. The average molecular weight is 384 g/mol. The lowest BCUT2D eigenvalue weighted by atomic mass is 10.1. The zero-order chi connectivity index (χ0) is 19.9. The van der Waals surface area contributed by atoms with E-state index < -0.39 is 0 Å². The van der Waals surface area contributed by atoms with Crippen LogP contribution in [0.4, 0.5) is 5.82 Å². The minimum absolute atomic E-state index is 0.388. The maximum absolute atomic E-state index is 5.45. The second-order valence-electron chi connectivity index (χ2n) is 5.94. The van der Waals surface area contributed by atoms with Crippen LogP contribution in [0.3, 0.4) is 0 Å². The fourth-order valence-corrected chi connectivity index (χ4v) is 2.85. The quantitative estimate of drug-likeness (QED) is 0.556. The molecule has 2 aromatic heterocycles. The fraction of sp³-hybridized carbons (Fsp3) is 0.350. The summed E-state index contributed by atoms with van der Waals surface area (Å²) in [6, 6.07) is 9.37. The van der Waals surface area contributed by atoms with Crippen LogP contribution in [-0.4, -0.2) is 56.2 Å². The van der Waals surface area contributed by atoms with Crippen molar-refractivity contribution in [2.24, 2.45) is 0 Å². The standard InChI is InChI=1S/C20H24N4O4/c1-5-24(11-12-25-2)17-10-9-14(13-21-17)20-22-19(23-28-20)15-7-6-8-16(26-3)18(15)27-4/h6-10,13H,5,11-12H2,1-4H3. The summed E-state index contributed by atoms with van der Waals surface area (Å²) < 4.78 is 21.4. The molecular weight excluding hydrogens is 360 g/mol. The molecule has 0 fully saturated rings. The molecule has 3 rings (SSSR count). The molecule has 0 aliphatic rings.